The molecule has 174 valence electrons. The second kappa shape index (κ2) is 10.0. The van der Waals surface area contributed by atoms with Crippen LogP contribution in [0.1, 0.15) is 56.4 Å². The van der Waals surface area contributed by atoms with Crippen molar-refractivity contribution in [1.82, 2.24) is 14.5 Å². The first kappa shape index (κ1) is 23.4. The molecule has 1 N–H and O–H groups in total. The molecular formula is C23H27N5O3S2. The molecule has 33 heavy (non-hydrogen) atoms. The molecule has 0 aliphatic carbocycles. The molecule has 8 nitrogen and oxygen atoms in total. The van der Waals surface area contributed by atoms with E-state index in [9.17, 15) is 14.4 Å². The Morgan fingerprint density at radius 2 is 1.94 bits per heavy atom. The van der Waals surface area contributed by atoms with Crippen molar-refractivity contribution in [3.63, 3.8) is 0 Å². The summed E-state index contributed by atoms with van der Waals surface area (Å²) < 4.78 is 2.19. The maximum atomic E-state index is 13.3. The van der Waals surface area contributed by atoms with Crippen molar-refractivity contribution in [3.8, 4) is 0 Å². The van der Waals surface area contributed by atoms with E-state index in [1.165, 1.54) is 36.4 Å². The van der Waals surface area contributed by atoms with Crippen LogP contribution >= 0.6 is 23.1 Å². The smallest absolute Gasteiger partial charge is 0.274 e. The van der Waals surface area contributed by atoms with E-state index < -0.39 is 0 Å². The van der Waals surface area contributed by atoms with Gasteiger partial charge in [-0.2, -0.15) is 4.98 Å². The molecule has 0 unspecified atom stereocenters. The SMILES string of the molecule is CC(=O)c1cccc(NC(=O)CSc2nc3nc(N4CCCCC4)sc3c(=O)n2C(C)C)c1. The number of hydrogen-bond acceptors (Lipinski definition) is 8. The van der Waals surface area contributed by atoms with Gasteiger partial charge in [-0.25, -0.2) is 4.98 Å². The van der Waals surface area contributed by atoms with Gasteiger partial charge in [0.05, 0.1) is 5.75 Å². The number of carbonyl (C=O) groups is 2. The van der Waals surface area contributed by atoms with Crippen molar-refractivity contribution in [3.05, 3.63) is 40.2 Å². The summed E-state index contributed by atoms with van der Waals surface area (Å²) in [5.74, 6) is -0.221. The number of nitrogens with one attached hydrogen (secondary N) is 1. The summed E-state index contributed by atoms with van der Waals surface area (Å²) in [6.07, 6.45) is 3.48. The van der Waals surface area contributed by atoms with E-state index in [1.54, 1.807) is 28.8 Å². The number of thioether (sulfide) groups is 1. The van der Waals surface area contributed by atoms with Crippen LogP contribution < -0.4 is 15.8 Å². The molecule has 10 heteroatoms. The Morgan fingerprint density at radius 3 is 2.64 bits per heavy atom. The highest BCUT2D eigenvalue weighted by Crippen LogP contribution is 2.30. The first-order valence-corrected chi connectivity index (χ1v) is 12.9. The third-order valence-electron chi connectivity index (χ3n) is 5.45. The minimum Gasteiger partial charge on any atom is -0.348 e. The van der Waals surface area contributed by atoms with Gasteiger partial charge < -0.3 is 10.2 Å². The monoisotopic (exact) mass is 485 g/mol. The highest BCUT2D eigenvalue weighted by molar-refractivity contribution is 7.99. The van der Waals surface area contributed by atoms with E-state index in [-0.39, 0.29) is 29.0 Å². The second-order valence-electron chi connectivity index (χ2n) is 8.33. The Labute approximate surface area is 200 Å². The Bertz CT molecular complexity index is 1240. The summed E-state index contributed by atoms with van der Waals surface area (Å²) in [5, 5.41) is 4.13. The van der Waals surface area contributed by atoms with Crippen molar-refractivity contribution in [2.24, 2.45) is 0 Å². The average molecular weight is 486 g/mol. The molecule has 0 saturated carbocycles. The minimum absolute atomic E-state index is 0.0638. The van der Waals surface area contributed by atoms with Gasteiger partial charge >= 0.3 is 0 Å². The van der Waals surface area contributed by atoms with E-state index in [0.717, 1.165) is 31.1 Å². The van der Waals surface area contributed by atoms with Crippen molar-refractivity contribution >= 4 is 56.0 Å². The molecule has 1 aromatic carbocycles. The number of hydrogen-bond donors (Lipinski definition) is 1. The van der Waals surface area contributed by atoms with Gasteiger partial charge in [-0.1, -0.05) is 35.2 Å². The fourth-order valence-electron chi connectivity index (χ4n) is 3.78. The highest BCUT2D eigenvalue weighted by Gasteiger charge is 2.21. The Kier molecular flexibility index (Phi) is 7.14. The average Bonchev–Trinajstić information content (AvgIpc) is 3.23. The predicted octanol–water partition coefficient (Wildman–Crippen LogP) is 4.36. The summed E-state index contributed by atoms with van der Waals surface area (Å²) in [6, 6.07) is 6.72. The first-order chi connectivity index (χ1) is 15.8. The van der Waals surface area contributed by atoms with Crippen molar-refractivity contribution in [2.75, 3.05) is 29.1 Å². The molecule has 1 fully saturated rings. The maximum Gasteiger partial charge on any atom is 0.274 e. The number of fused-ring (bicyclic) bond motifs is 1. The minimum atomic E-state index is -0.238. The number of benzene rings is 1. The van der Waals surface area contributed by atoms with E-state index in [2.05, 4.69) is 20.2 Å². The molecule has 3 heterocycles. The fourth-order valence-corrected chi connectivity index (χ4v) is 5.69. The molecule has 2 aromatic heterocycles. The maximum absolute atomic E-state index is 13.3. The quantitative estimate of drug-likeness (QED) is 0.302. The zero-order chi connectivity index (χ0) is 23.5. The van der Waals surface area contributed by atoms with Gasteiger partial charge in [0, 0.05) is 30.4 Å². The van der Waals surface area contributed by atoms with Crippen LogP contribution in [0.2, 0.25) is 0 Å². The summed E-state index contributed by atoms with van der Waals surface area (Å²) in [6.45, 7) is 7.24. The van der Waals surface area contributed by atoms with Gasteiger partial charge in [0.1, 0.15) is 4.70 Å². The van der Waals surface area contributed by atoms with Crippen LogP contribution in [0.4, 0.5) is 10.8 Å². The van der Waals surface area contributed by atoms with Crippen molar-refractivity contribution in [1.29, 1.82) is 0 Å². The second-order valence-corrected chi connectivity index (χ2v) is 10.3. The molecule has 0 spiro atoms. The molecule has 0 atom stereocenters. The molecule has 0 radical (unpaired) electrons. The molecule has 1 aliphatic heterocycles. The van der Waals surface area contributed by atoms with Crippen LogP contribution in [0.5, 0.6) is 0 Å². The molecule has 1 saturated heterocycles. The molecule has 4 rings (SSSR count). The molecule has 0 bridgehead atoms. The third-order valence-corrected chi connectivity index (χ3v) is 7.49. The van der Waals surface area contributed by atoms with E-state index >= 15 is 0 Å². The third kappa shape index (κ3) is 5.27. The summed E-state index contributed by atoms with van der Waals surface area (Å²) in [4.78, 5) is 48.9. The van der Waals surface area contributed by atoms with Crippen LogP contribution in [0.15, 0.2) is 34.2 Å². The van der Waals surface area contributed by atoms with Crippen LogP contribution in [-0.2, 0) is 4.79 Å². The number of anilines is 2. The van der Waals surface area contributed by atoms with Gasteiger partial charge in [-0.3, -0.25) is 19.0 Å². The number of nitrogens with zero attached hydrogens (tertiary/aromatic N) is 4. The normalized spacial score (nSPS) is 14.1. The number of ketones is 1. The van der Waals surface area contributed by atoms with Crippen molar-refractivity contribution in [2.45, 2.75) is 51.2 Å². The van der Waals surface area contributed by atoms with Crippen LogP contribution in [0, 0.1) is 0 Å². The number of piperidine rings is 1. The van der Waals surface area contributed by atoms with Gasteiger partial charge in [-0.15, -0.1) is 0 Å². The molecule has 3 aromatic rings. The highest BCUT2D eigenvalue weighted by atomic mass is 32.2. The number of Topliss-reactive ketones (excluding diaryl/α,β-unsaturated/α-hetero) is 1. The van der Waals surface area contributed by atoms with E-state index in [1.807, 2.05) is 13.8 Å². The summed E-state index contributed by atoms with van der Waals surface area (Å²) >= 11 is 2.61. The topological polar surface area (TPSA) is 97.2 Å². The molecular weight excluding hydrogens is 458 g/mol. The van der Waals surface area contributed by atoms with E-state index in [4.69, 9.17) is 0 Å². The first-order valence-electron chi connectivity index (χ1n) is 11.0. The lowest BCUT2D eigenvalue weighted by atomic mass is 10.1. The fraction of sp³-hybridized carbons (Fsp3) is 0.435. The summed E-state index contributed by atoms with van der Waals surface area (Å²) in [5.41, 5.74) is 1.42. The van der Waals surface area contributed by atoms with Crippen LogP contribution in [0.25, 0.3) is 10.3 Å². The zero-order valence-electron chi connectivity index (χ0n) is 19.0. The number of rotatable bonds is 7. The zero-order valence-corrected chi connectivity index (χ0v) is 20.6. The number of carbonyl (C=O) groups excluding carboxylic acids is 2. The Balaban J connectivity index is 1.55. The largest absolute Gasteiger partial charge is 0.348 e. The lowest BCUT2D eigenvalue weighted by Gasteiger charge is -2.25. The molecule has 1 aliphatic rings. The van der Waals surface area contributed by atoms with Gasteiger partial charge in [0.25, 0.3) is 5.56 Å². The van der Waals surface area contributed by atoms with Crippen LogP contribution in [-0.4, -0.2) is 45.1 Å². The number of amides is 1. The van der Waals surface area contributed by atoms with Crippen molar-refractivity contribution < 1.29 is 9.59 Å². The standard InChI is InChI=1S/C23H27N5O3S2/c1-14(2)28-21(31)19-20(25-22(33-19)27-10-5-4-6-11-27)26-23(28)32-13-18(30)24-17-9-7-8-16(12-17)15(3)29/h7-9,12,14H,4-6,10-11,13H2,1-3H3,(H,24,30). The summed E-state index contributed by atoms with van der Waals surface area (Å²) in [7, 11) is 0. The lowest BCUT2D eigenvalue weighted by Crippen LogP contribution is -2.29. The van der Waals surface area contributed by atoms with Gasteiger partial charge in [0.2, 0.25) is 5.91 Å². The van der Waals surface area contributed by atoms with Crippen LogP contribution in [0.3, 0.4) is 0 Å². The van der Waals surface area contributed by atoms with Gasteiger partial charge in [0.15, 0.2) is 21.7 Å². The number of aromatic nitrogens is 3. The lowest BCUT2D eigenvalue weighted by molar-refractivity contribution is -0.113. The molecule has 1 amide bonds. The van der Waals surface area contributed by atoms with Gasteiger partial charge in [-0.05, 0) is 52.2 Å². The Morgan fingerprint density at radius 1 is 1.18 bits per heavy atom. The predicted molar refractivity (Wildman–Crippen MR) is 134 cm³/mol. The Hall–Kier alpha value is -2.72. The number of thiazole rings is 1. The van der Waals surface area contributed by atoms with E-state index in [0.29, 0.717) is 26.8 Å².